The van der Waals surface area contributed by atoms with Crippen LogP contribution in [0, 0.1) is 5.82 Å². The largest absolute Gasteiger partial charge is 0.358 e. The molecule has 0 aliphatic rings. The number of hydrogen-bond donors (Lipinski definition) is 2. The van der Waals surface area contributed by atoms with Gasteiger partial charge in [-0.05, 0) is 36.8 Å². The smallest absolute Gasteiger partial charge is 0.267 e. The number of H-pyrrole nitrogens is 1. The molecular formula is C22H15Cl3FN7O. The predicted octanol–water partition coefficient (Wildman–Crippen LogP) is 5.71. The molecule has 0 unspecified atom stereocenters. The number of fused-ring (bicyclic) bond motifs is 2. The minimum Gasteiger partial charge on any atom is -0.358 e. The number of rotatable bonds is 5. The van der Waals surface area contributed by atoms with Crippen molar-refractivity contribution in [1.82, 2.24) is 29.5 Å². The van der Waals surface area contributed by atoms with Crippen molar-refractivity contribution in [3.63, 3.8) is 0 Å². The first-order valence-corrected chi connectivity index (χ1v) is 11.3. The van der Waals surface area contributed by atoms with Crippen molar-refractivity contribution in [1.29, 1.82) is 0 Å². The highest BCUT2D eigenvalue weighted by Gasteiger charge is 2.24. The van der Waals surface area contributed by atoms with Crippen LogP contribution < -0.4 is 10.9 Å². The lowest BCUT2D eigenvalue weighted by Gasteiger charge is -2.23. The van der Waals surface area contributed by atoms with E-state index in [0.29, 0.717) is 34.2 Å². The van der Waals surface area contributed by atoms with E-state index in [9.17, 15) is 9.18 Å². The van der Waals surface area contributed by atoms with Crippen molar-refractivity contribution >= 4 is 62.7 Å². The predicted molar refractivity (Wildman–Crippen MR) is 131 cm³/mol. The molecule has 0 fully saturated rings. The molecule has 0 aliphatic heterocycles. The molecule has 0 spiro atoms. The molecule has 2 aromatic carbocycles. The second-order valence-corrected chi connectivity index (χ2v) is 8.61. The summed E-state index contributed by atoms with van der Waals surface area (Å²) in [5, 5.41) is 3.54. The molecule has 1 atom stereocenters. The maximum absolute atomic E-state index is 14.2. The lowest BCUT2D eigenvalue weighted by Crippen LogP contribution is -2.29. The van der Waals surface area contributed by atoms with Crippen molar-refractivity contribution in [2.75, 3.05) is 5.32 Å². The number of benzene rings is 2. The van der Waals surface area contributed by atoms with Gasteiger partial charge in [-0.1, -0.05) is 41.7 Å². The van der Waals surface area contributed by atoms with Crippen LogP contribution in [0.1, 0.15) is 25.2 Å². The molecule has 0 radical (unpaired) electrons. The molecule has 0 saturated heterocycles. The van der Waals surface area contributed by atoms with Gasteiger partial charge in [-0.3, -0.25) is 9.36 Å². The fourth-order valence-electron chi connectivity index (χ4n) is 3.73. The summed E-state index contributed by atoms with van der Waals surface area (Å²) >= 11 is 18.9. The highest BCUT2D eigenvalue weighted by molar-refractivity contribution is 6.35. The number of aromatic nitrogens is 6. The van der Waals surface area contributed by atoms with Crippen LogP contribution in [-0.2, 0) is 0 Å². The van der Waals surface area contributed by atoms with Gasteiger partial charge in [-0.2, -0.15) is 0 Å². The van der Waals surface area contributed by atoms with Crippen LogP contribution in [0.4, 0.5) is 10.2 Å². The fraction of sp³-hybridized carbons (Fsp3) is 0.136. The van der Waals surface area contributed by atoms with Crippen LogP contribution in [0.2, 0.25) is 15.1 Å². The Labute approximate surface area is 206 Å². The molecule has 5 aromatic rings. The fourth-order valence-corrected chi connectivity index (χ4v) is 4.34. The van der Waals surface area contributed by atoms with Gasteiger partial charge < -0.3 is 10.3 Å². The molecule has 5 rings (SSSR count). The molecule has 2 N–H and O–H groups in total. The lowest BCUT2D eigenvalue weighted by molar-refractivity contribution is 0.628. The Kier molecular flexibility index (Phi) is 5.85. The Bertz CT molecular complexity index is 1620. The van der Waals surface area contributed by atoms with E-state index in [1.165, 1.54) is 29.4 Å². The maximum Gasteiger partial charge on any atom is 0.267 e. The summed E-state index contributed by atoms with van der Waals surface area (Å²) in [5.41, 5.74) is 1.03. The van der Waals surface area contributed by atoms with Gasteiger partial charge in [-0.15, -0.1) is 0 Å². The van der Waals surface area contributed by atoms with Gasteiger partial charge in [0.1, 0.15) is 23.5 Å². The molecule has 8 nitrogen and oxygen atoms in total. The van der Waals surface area contributed by atoms with E-state index in [0.717, 1.165) is 0 Å². The van der Waals surface area contributed by atoms with Gasteiger partial charge in [-0.25, -0.2) is 24.3 Å². The molecule has 3 heterocycles. The Hall–Kier alpha value is -3.27. The van der Waals surface area contributed by atoms with Crippen molar-refractivity contribution in [2.24, 2.45) is 0 Å². The summed E-state index contributed by atoms with van der Waals surface area (Å²) in [7, 11) is 0. The monoisotopic (exact) mass is 517 g/mol. The molecule has 172 valence electrons. The topological polar surface area (TPSA) is 101 Å². The summed E-state index contributed by atoms with van der Waals surface area (Å²) in [4.78, 5) is 34.1. The Morgan fingerprint density at radius 3 is 2.76 bits per heavy atom. The van der Waals surface area contributed by atoms with Crippen LogP contribution in [0.5, 0.6) is 0 Å². The van der Waals surface area contributed by atoms with E-state index in [2.05, 4.69) is 25.3 Å². The number of imidazole rings is 1. The standard InChI is InChI=1S/C22H15Cl3FN7O/c1-2-13(31-20-18-19(28-8-27-18)29-9-30-20)21-32-14-6-5-12(26)17(25)16(14)22(34)33(21)15-7-10(23)3-4-11(15)24/h3-9,13H,2H2,1H3,(H2,27,28,29,30,31)/t13-/m1/s1. The van der Waals surface area contributed by atoms with Crippen molar-refractivity contribution in [2.45, 2.75) is 19.4 Å². The lowest BCUT2D eigenvalue weighted by atomic mass is 10.1. The summed E-state index contributed by atoms with van der Waals surface area (Å²) in [6.45, 7) is 1.92. The number of halogens is 4. The average Bonchev–Trinajstić information content (AvgIpc) is 3.31. The zero-order valence-electron chi connectivity index (χ0n) is 17.5. The highest BCUT2D eigenvalue weighted by atomic mass is 35.5. The van der Waals surface area contributed by atoms with Crippen LogP contribution in [0.15, 0.2) is 47.8 Å². The molecule has 0 aliphatic carbocycles. The Morgan fingerprint density at radius 2 is 1.97 bits per heavy atom. The molecule has 0 bridgehead atoms. The van der Waals surface area contributed by atoms with E-state index in [1.807, 2.05) is 6.92 Å². The number of aromatic amines is 1. The second-order valence-electron chi connectivity index (χ2n) is 7.39. The van der Waals surface area contributed by atoms with E-state index < -0.39 is 17.4 Å². The van der Waals surface area contributed by atoms with E-state index >= 15 is 0 Å². The summed E-state index contributed by atoms with van der Waals surface area (Å²) in [5.74, 6) is 0.0408. The van der Waals surface area contributed by atoms with Crippen LogP contribution in [0.25, 0.3) is 27.8 Å². The first-order valence-electron chi connectivity index (χ1n) is 10.2. The zero-order valence-corrected chi connectivity index (χ0v) is 19.7. The first kappa shape index (κ1) is 22.5. The number of nitrogens with zero attached hydrogens (tertiary/aromatic N) is 5. The van der Waals surface area contributed by atoms with Crippen LogP contribution in [-0.4, -0.2) is 29.5 Å². The van der Waals surface area contributed by atoms with Crippen LogP contribution in [0.3, 0.4) is 0 Å². The summed E-state index contributed by atoms with van der Waals surface area (Å²) in [6.07, 6.45) is 3.41. The molecule has 3 aromatic heterocycles. The van der Waals surface area contributed by atoms with Crippen molar-refractivity contribution in [3.8, 4) is 5.69 Å². The SMILES string of the molecule is CC[C@@H](Nc1ncnc2[nH]cnc12)c1nc2ccc(F)c(Cl)c2c(=O)n1-c1cc(Cl)ccc1Cl. The Morgan fingerprint density at radius 1 is 1.15 bits per heavy atom. The zero-order chi connectivity index (χ0) is 24.0. The summed E-state index contributed by atoms with van der Waals surface area (Å²) < 4.78 is 15.5. The van der Waals surface area contributed by atoms with E-state index in [4.69, 9.17) is 39.8 Å². The number of nitrogens with one attached hydrogen (secondary N) is 2. The van der Waals surface area contributed by atoms with Gasteiger partial charge in [0.2, 0.25) is 0 Å². The van der Waals surface area contributed by atoms with E-state index in [-0.39, 0.29) is 26.6 Å². The minimum atomic E-state index is -0.725. The third-order valence-corrected chi connectivity index (χ3v) is 6.28. The van der Waals surface area contributed by atoms with Crippen molar-refractivity contribution < 1.29 is 4.39 Å². The number of anilines is 1. The quantitative estimate of drug-likeness (QED) is 0.309. The molecule has 0 saturated carbocycles. The van der Waals surface area contributed by atoms with Gasteiger partial charge in [0, 0.05) is 5.02 Å². The Balaban J connectivity index is 1.79. The highest BCUT2D eigenvalue weighted by Crippen LogP contribution is 2.31. The molecular weight excluding hydrogens is 504 g/mol. The van der Waals surface area contributed by atoms with Gasteiger partial charge in [0.05, 0.1) is 39.0 Å². The van der Waals surface area contributed by atoms with Gasteiger partial charge in [0.15, 0.2) is 11.5 Å². The average molecular weight is 519 g/mol. The normalized spacial score (nSPS) is 12.4. The second kappa shape index (κ2) is 8.83. The van der Waals surface area contributed by atoms with Gasteiger partial charge in [0.25, 0.3) is 5.56 Å². The van der Waals surface area contributed by atoms with Crippen LogP contribution >= 0.6 is 34.8 Å². The summed E-state index contributed by atoms with van der Waals surface area (Å²) in [6, 6.07) is 6.77. The molecule has 12 heteroatoms. The third-order valence-electron chi connectivity index (χ3n) is 5.35. The molecule has 34 heavy (non-hydrogen) atoms. The molecule has 0 amide bonds. The first-order chi connectivity index (χ1) is 16.4. The number of hydrogen-bond acceptors (Lipinski definition) is 6. The minimum absolute atomic E-state index is 0.0620. The van der Waals surface area contributed by atoms with Gasteiger partial charge >= 0.3 is 0 Å². The van der Waals surface area contributed by atoms with Crippen molar-refractivity contribution in [3.05, 3.63) is 80.0 Å². The van der Waals surface area contributed by atoms with E-state index in [1.54, 1.807) is 18.2 Å². The maximum atomic E-state index is 14.2. The third kappa shape index (κ3) is 3.75.